The number of likely N-dealkylation sites (tertiary alicyclic amines) is 1. The summed E-state index contributed by atoms with van der Waals surface area (Å²) in [4.78, 5) is 14.3. The van der Waals surface area contributed by atoms with Gasteiger partial charge in [-0.1, -0.05) is 12.1 Å². The highest BCUT2D eigenvalue weighted by molar-refractivity contribution is 5.83. The molecule has 0 radical (unpaired) electrons. The van der Waals surface area contributed by atoms with Gasteiger partial charge in [0.05, 0.1) is 5.56 Å². The molecule has 0 bridgehead atoms. The molecule has 3 atom stereocenters. The minimum atomic E-state index is -4.32. The maximum Gasteiger partial charge on any atom is 0.416 e. The highest BCUT2D eigenvalue weighted by atomic mass is 19.4. The van der Waals surface area contributed by atoms with Gasteiger partial charge in [0.1, 0.15) is 0 Å². The molecule has 1 aromatic rings. The number of carbonyl (C=O) groups is 1. The van der Waals surface area contributed by atoms with Crippen LogP contribution in [0.2, 0.25) is 0 Å². The standard InChI is InChI=1S/C16H19F3N2O/c17-16(18,19)11-5-3-10(4-6-11)13-8-14(13)15(22)21-7-1-2-12(21)9-20/h3-6,12-14H,1-2,7-9,20H2/t12-,13-,14+/m0/s1. The number of halogens is 3. The van der Waals surface area contributed by atoms with Gasteiger partial charge in [0.25, 0.3) is 0 Å². The highest BCUT2D eigenvalue weighted by Crippen LogP contribution is 2.49. The maximum absolute atomic E-state index is 12.6. The van der Waals surface area contributed by atoms with Crippen LogP contribution in [-0.2, 0) is 11.0 Å². The quantitative estimate of drug-likeness (QED) is 0.933. The number of amides is 1. The van der Waals surface area contributed by atoms with Gasteiger partial charge < -0.3 is 10.6 Å². The highest BCUT2D eigenvalue weighted by Gasteiger charge is 2.47. The minimum absolute atomic E-state index is 0.0498. The number of hydrogen-bond donors (Lipinski definition) is 1. The maximum atomic E-state index is 12.6. The lowest BCUT2D eigenvalue weighted by Crippen LogP contribution is -2.40. The van der Waals surface area contributed by atoms with E-state index in [9.17, 15) is 18.0 Å². The number of nitrogens with zero attached hydrogens (tertiary/aromatic N) is 1. The number of nitrogens with two attached hydrogens (primary N) is 1. The third-order valence-electron chi connectivity index (χ3n) is 4.71. The van der Waals surface area contributed by atoms with Gasteiger partial charge in [-0.15, -0.1) is 0 Å². The van der Waals surface area contributed by atoms with Crippen molar-refractivity contribution in [2.45, 2.75) is 37.4 Å². The minimum Gasteiger partial charge on any atom is -0.338 e. The van der Waals surface area contributed by atoms with Gasteiger partial charge in [0.2, 0.25) is 5.91 Å². The first-order chi connectivity index (χ1) is 10.4. The molecule has 1 heterocycles. The Balaban J connectivity index is 1.65. The van der Waals surface area contributed by atoms with E-state index in [1.54, 1.807) is 0 Å². The molecule has 1 amide bonds. The summed E-state index contributed by atoms with van der Waals surface area (Å²) in [6.45, 7) is 1.22. The second kappa shape index (κ2) is 5.57. The molecule has 2 fully saturated rings. The molecule has 2 N–H and O–H groups in total. The van der Waals surface area contributed by atoms with Crippen LogP contribution in [0.25, 0.3) is 0 Å². The summed E-state index contributed by atoms with van der Waals surface area (Å²) >= 11 is 0. The predicted molar refractivity (Wildman–Crippen MR) is 76.1 cm³/mol. The zero-order chi connectivity index (χ0) is 15.9. The Morgan fingerprint density at radius 2 is 1.95 bits per heavy atom. The van der Waals surface area contributed by atoms with E-state index in [4.69, 9.17) is 5.73 Å². The normalized spacial score (nSPS) is 28.0. The molecule has 1 aliphatic carbocycles. The number of hydrogen-bond acceptors (Lipinski definition) is 2. The van der Waals surface area contributed by atoms with Gasteiger partial charge in [-0.3, -0.25) is 4.79 Å². The first-order valence-corrected chi connectivity index (χ1v) is 7.59. The van der Waals surface area contributed by atoms with E-state index in [1.165, 1.54) is 12.1 Å². The summed E-state index contributed by atoms with van der Waals surface area (Å²) in [5.74, 6) is 0.0653. The fourth-order valence-corrected chi connectivity index (χ4v) is 3.34. The molecule has 6 heteroatoms. The average Bonchev–Trinajstić information content (AvgIpc) is 3.15. The molecule has 0 spiro atoms. The Kier molecular flexibility index (Phi) is 3.89. The van der Waals surface area contributed by atoms with Crippen LogP contribution in [0.5, 0.6) is 0 Å². The van der Waals surface area contributed by atoms with Crippen LogP contribution in [0.3, 0.4) is 0 Å². The summed E-state index contributed by atoms with van der Waals surface area (Å²) in [5.41, 5.74) is 5.85. The monoisotopic (exact) mass is 312 g/mol. The van der Waals surface area contributed by atoms with E-state index in [0.717, 1.165) is 43.5 Å². The van der Waals surface area contributed by atoms with Crippen LogP contribution in [0.15, 0.2) is 24.3 Å². The number of carbonyl (C=O) groups excluding carboxylic acids is 1. The van der Waals surface area contributed by atoms with Gasteiger partial charge in [0.15, 0.2) is 0 Å². The van der Waals surface area contributed by atoms with Crippen molar-refractivity contribution in [3.63, 3.8) is 0 Å². The molecule has 3 nitrogen and oxygen atoms in total. The molecule has 2 aliphatic rings. The van der Waals surface area contributed by atoms with Gasteiger partial charge in [-0.25, -0.2) is 0 Å². The summed E-state index contributed by atoms with van der Waals surface area (Å²) in [7, 11) is 0. The lowest BCUT2D eigenvalue weighted by Gasteiger charge is -2.23. The molecular formula is C16H19F3N2O. The van der Waals surface area contributed by atoms with Crippen LogP contribution < -0.4 is 5.73 Å². The molecule has 22 heavy (non-hydrogen) atoms. The molecule has 1 saturated carbocycles. The number of benzene rings is 1. The van der Waals surface area contributed by atoms with E-state index in [-0.39, 0.29) is 23.8 Å². The Morgan fingerprint density at radius 3 is 2.55 bits per heavy atom. The zero-order valence-corrected chi connectivity index (χ0v) is 12.1. The van der Waals surface area contributed by atoms with Gasteiger partial charge in [0, 0.05) is 25.0 Å². The smallest absolute Gasteiger partial charge is 0.338 e. The largest absolute Gasteiger partial charge is 0.416 e. The van der Waals surface area contributed by atoms with Crippen molar-refractivity contribution in [1.29, 1.82) is 0 Å². The molecule has 1 aliphatic heterocycles. The molecule has 1 aromatic carbocycles. The van der Waals surface area contributed by atoms with Crippen molar-refractivity contribution >= 4 is 5.91 Å². The second-order valence-corrected chi connectivity index (χ2v) is 6.13. The topological polar surface area (TPSA) is 46.3 Å². The van der Waals surface area contributed by atoms with Crippen molar-refractivity contribution in [2.75, 3.05) is 13.1 Å². The lowest BCUT2D eigenvalue weighted by molar-refractivity contribution is -0.137. The van der Waals surface area contributed by atoms with E-state index in [1.807, 2.05) is 4.90 Å². The third-order valence-corrected chi connectivity index (χ3v) is 4.71. The average molecular weight is 312 g/mol. The van der Waals surface area contributed by atoms with Crippen molar-refractivity contribution in [1.82, 2.24) is 4.90 Å². The van der Waals surface area contributed by atoms with Crippen LogP contribution in [0.4, 0.5) is 13.2 Å². The van der Waals surface area contributed by atoms with Gasteiger partial charge >= 0.3 is 6.18 Å². The van der Waals surface area contributed by atoms with Crippen LogP contribution >= 0.6 is 0 Å². The van der Waals surface area contributed by atoms with E-state index in [2.05, 4.69) is 0 Å². The molecule has 0 unspecified atom stereocenters. The Hall–Kier alpha value is -1.56. The summed E-state index contributed by atoms with van der Waals surface area (Å²) in [6.07, 6.45) is -1.68. The number of alkyl halides is 3. The summed E-state index contributed by atoms with van der Waals surface area (Å²) in [5, 5.41) is 0. The van der Waals surface area contributed by atoms with Crippen molar-refractivity contribution in [3.05, 3.63) is 35.4 Å². The van der Waals surface area contributed by atoms with Crippen LogP contribution in [-0.4, -0.2) is 29.9 Å². The Morgan fingerprint density at radius 1 is 1.27 bits per heavy atom. The van der Waals surface area contributed by atoms with Crippen molar-refractivity contribution in [2.24, 2.45) is 11.7 Å². The molecular weight excluding hydrogens is 293 g/mol. The number of rotatable bonds is 3. The van der Waals surface area contributed by atoms with Crippen LogP contribution in [0, 0.1) is 5.92 Å². The third kappa shape index (κ3) is 2.84. The summed E-state index contributed by atoms with van der Waals surface area (Å²) < 4.78 is 37.7. The molecule has 120 valence electrons. The van der Waals surface area contributed by atoms with Gasteiger partial charge in [-0.05, 0) is 42.9 Å². The lowest BCUT2D eigenvalue weighted by atomic mass is 10.1. The first kappa shape index (κ1) is 15.3. The van der Waals surface area contributed by atoms with E-state index in [0.29, 0.717) is 6.54 Å². The molecule has 0 aromatic heterocycles. The van der Waals surface area contributed by atoms with Crippen LogP contribution in [0.1, 0.15) is 36.3 Å². The van der Waals surface area contributed by atoms with Crippen molar-refractivity contribution < 1.29 is 18.0 Å². The Labute approximate surface area is 127 Å². The van der Waals surface area contributed by atoms with E-state index >= 15 is 0 Å². The molecule has 3 rings (SSSR count). The van der Waals surface area contributed by atoms with E-state index < -0.39 is 11.7 Å². The Bertz CT molecular complexity index is 556. The van der Waals surface area contributed by atoms with Crippen molar-refractivity contribution in [3.8, 4) is 0 Å². The predicted octanol–water partition coefficient (Wildman–Crippen LogP) is 2.76. The fraction of sp³-hybridized carbons (Fsp3) is 0.562. The molecule has 1 saturated heterocycles. The first-order valence-electron chi connectivity index (χ1n) is 7.59. The zero-order valence-electron chi connectivity index (χ0n) is 12.1. The summed E-state index contributed by atoms with van der Waals surface area (Å²) in [6, 6.07) is 5.29. The van der Waals surface area contributed by atoms with Gasteiger partial charge in [-0.2, -0.15) is 13.2 Å². The second-order valence-electron chi connectivity index (χ2n) is 6.13. The fourth-order valence-electron chi connectivity index (χ4n) is 3.34. The SMILES string of the molecule is NC[C@@H]1CCCN1C(=O)[C@@H]1C[C@H]1c1ccc(C(F)(F)F)cc1.